The van der Waals surface area contributed by atoms with Crippen molar-refractivity contribution < 1.29 is 9.90 Å². The lowest BCUT2D eigenvalue weighted by Gasteiger charge is -2.31. The number of rotatable bonds is 1. The minimum absolute atomic E-state index is 0.416. The number of alkyl halides is 1. The molecule has 0 aliphatic rings. The van der Waals surface area contributed by atoms with Crippen LogP contribution in [0.5, 0.6) is 0 Å². The highest BCUT2D eigenvalue weighted by atomic mass is 35.5. The van der Waals surface area contributed by atoms with Crippen molar-refractivity contribution in [2.45, 2.75) is 32.6 Å². The van der Waals surface area contributed by atoms with Crippen molar-refractivity contribution in [2.75, 3.05) is 0 Å². The molecule has 0 radical (unpaired) electrons. The predicted octanol–water partition coefficient (Wildman–Crippen LogP) is 2.11. The van der Waals surface area contributed by atoms with Crippen LogP contribution in [0, 0.1) is 5.41 Å². The molecule has 0 saturated carbocycles. The van der Waals surface area contributed by atoms with Gasteiger partial charge in [0.05, 0.1) is 0 Å². The molecule has 0 heterocycles. The van der Waals surface area contributed by atoms with Crippen LogP contribution in [-0.4, -0.2) is 16.0 Å². The summed E-state index contributed by atoms with van der Waals surface area (Å²) in [6, 6.07) is 0. The Bertz CT molecular complexity index is 144. The first-order valence-corrected chi connectivity index (χ1v) is 3.49. The van der Waals surface area contributed by atoms with Gasteiger partial charge in [0, 0.05) is 0 Å². The fourth-order valence-electron chi connectivity index (χ4n) is 0.321. The second-order valence-electron chi connectivity index (χ2n) is 3.56. The van der Waals surface area contributed by atoms with E-state index in [1.54, 1.807) is 20.8 Å². The zero-order valence-electron chi connectivity index (χ0n) is 6.73. The van der Waals surface area contributed by atoms with E-state index in [1.807, 2.05) is 0 Å². The van der Waals surface area contributed by atoms with Crippen LogP contribution in [0.25, 0.3) is 0 Å². The molecule has 2 nitrogen and oxygen atoms in total. The van der Waals surface area contributed by atoms with E-state index in [0.717, 1.165) is 0 Å². The average Bonchev–Trinajstić information content (AvgIpc) is 1.62. The lowest BCUT2D eigenvalue weighted by atomic mass is 9.81. The Morgan fingerprint density at radius 2 is 1.60 bits per heavy atom. The van der Waals surface area contributed by atoms with E-state index < -0.39 is 16.3 Å². The van der Waals surface area contributed by atoms with E-state index in [4.69, 9.17) is 16.7 Å². The van der Waals surface area contributed by atoms with Crippen molar-refractivity contribution in [1.82, 2.24) is 0 Å². The normalized spacial score (nSPS) is 18.1. The van der Waals surface area contributed by atoms with Crippen molar-refractivity contribution in [3.05, 3.63) is 0 Å². The van der Waals surface area contributed by atoms with E-state index >= 15 is 0 Å². The summed E-state index contributed by atoms with van der Waals surface area (Å²) in [5.41, 5.74) is -0.416. The summed E-state index contributed by atoms with van der Waals surface area (Å²) in [5.74, 6) is -0.971. The summed E-state index contributed by atoms with van der Waals surface area (Å²) in [4.78, 5) is 9.36. The molecule has 0 aliphatic heterocycles. The average molecular weight is 165 g/mol. The van der Waals surface area contributed by atoms with Crippen LogP contribution < -0.4 is 0 Å². The minimum atomic E-state index is -1.17. The summed E-state index contributed by atoms with van der Waals surface area (Å²) in [7, 11) is 0. The van der Waals surface area contributed by atoms with Crippen LogP contribution in [0.4, 0.5) is 0 Å². The van der Waals surface area contributed by atoms with Crippen LogP contribution in [0.1, 0.15) is 27.7 Å². The van der Waals surface area contributed by atoms with E-state index in [-0.39, 0.29) is 0 Å². The Kier molecular flexibility index (Phi) is 2.36. The number of carboxylic acids is 1. The molecule has 0 spiro atoms. The van der Waals surface area contributed by atoms with Gasteiger partial charge in [-0.05, 0) is 12.3 Å². The molecular weight excluding hydrogens is 152 g/mol. The third-order valence-corrected chi connectivity index (χ3v) is 2.54. The van der Waals surface area contributed by atoms with Crippen LogP contribution in [-0.2, 0) is 4.79 Å². The maximum absolute atomic E-state index is 10.5. The maximum atomic E-state index is 10.5. The number of hydrogen-bond donors (Lipinski definition) is 1. The Hall–Kier alpha value is -0.240. The van der Waals surface area contributed by atoms with Gasteiger partial charge in [0.15, 0.2) is 0 Å². The molecule has 0 aromatic rings. The quantitative estimate of drug-likeness (QED) is 0.603. The lowest BCUT2D eigenvalue weighted by Crippen LogP contribution is -2.41. The van der Waals surface area contributed by atoms with Gasteiger partial charge >= 0.3 is 5.97 Å². The number of aliphatic carboxylic acids is 1. The van der Waals surface area contributed by atoms with Gasteiger partial charge in [-0.25, -0.2) is 0 Å². The van der Waals surface area contributed by atoms with Crippen LogP contribution in [0.15, 0.2) is 0 Å². The van der Waals surface area contributed by atoms with Gasteiger partial charge in [-0.3, -0.25) is 4.79 Å². The molecule has 1 unspecified atom stereocenters. The summed E-state index contributed by atoms with van der Waals surface area (Å²) in [6.07, 6.45) is 0. The Morgan fingerprint density at radius 3 is 1.60 bits per heavy atom. The van der Waals surface area contributed by atoms with Crippen molar-refractivity contribution in [1.29, 1.82) is 0 Å². The number of carbonyl (C=O) groups is 1. The third kappa shape index (κ3) is 1.63. The van der Waals surface area contributed by atoms with Gasteiger partial charge in [0.25, 0.3) is 0 Å². The molecule has 0 aliphatic carbocycles. The van der Waals surface area contributed by atoms with Crippen LogP contribution >= 0.6 is 11.6 Å². The van der Waals surface area contributed by atoms with Crippen molar-refractivity contribution in [3.63, 3.8) is 0 Å². The number of halogens is 1. The summed E-state index contributed by atoms with van der Waals surface area (Å²) in [6.45, 7) is 6.91. The maximum Gasteiger partial charge on any atom is 0.325 e. The molecule has 0 rings (SSSR count). The van der Waals surface area contributed by atoms with Gasteiger partial charge < -0.3 is 5.11 Å². The van der Waals surface area contributed by atoms with Gasteiger partial charge in [0.1, 0.15) is 4.87 Å². The largest absolute Gasteiger partial charge is 0.480 e. The highest BCUT2D eigenvalue weighted by Crippen LogP contribution is 2.35. The molecule has 10 heavy (non-hydrogen) atoms. The lowest BCUT2D eigenvalue weighted by molar-refractivity contribution is -0.142. The van der Waals surface area contributed by atoms with E-state index in [2.05, 4.69) is 0 Å². The predicted molar refractivity (Wildman–Crippen MR) is 41.3 cm³/mol. The fraction of sp³-hybridized carbons (Fsp3) is 0.857. The molecule has 0 amide bonds. The molecule has 0 fully saturated rings. The second-order valence-corrected chi connectivity index (χ2v) is 4.31. The van der Waals surface area contributed by atoms with Crippen LogP contribution in [0.3, 0.4) is 0 Å². The van der Waals surface area contributed by atoms with Crippen LogP contribution in [0.2, 0.25) is 0 Å². The summed E-state index contributed by atoms with van der Waals surface area (Å²) < 4.78 is 0. The van der Waals surface area contributed by atoms with Crippen molar-refractivity contribution in [2.24, 2.45) is 5.41 Å². The topological polar surface area (TPSA) is 37.3 Å². The Morgan fingerprint density at radius 1 is 1.30 bits per heavy atom. The Balaban J connectivity index is 4.57. The van der Waals surface area contributed by atoms with E-state index in [1.165, 1.54) is 6.92 Å². The molecule has 0 saturated heterocycles. The zero-order chi connectivity index (χ0) is 8.58. The second kappa shape index (κ2) is 2.42. The zero-order valence-corrected chi connectivity index (χ0v) is 7.49. The highest BCUT2D eigenvalue weighted by molar-refractivity contribution is 6.34. The molecule has 1 N–H and O–H groups in total. The summed E-state index contributed by atoms with van der Waals surface area (Å²) >= 11 is 5.75. The highest BCUT2D eigenvalue weighted by Gasteiger charge is 2.42. The first kappa shape index (κ1) is 9.76. The van der Waals surface area contributed by atoms with Gasteiger partial charge in [-0.15, -0.1) is 11.6 Å². The smallest absolute Gasteiger partial charge is 0.325 e. The van der Waals surface area contributed by atoms with Gasteiger partial charge in [-0.2, -0.15) is 0 Å². The molecule has 0 bridgehead atoms. The van der Waals surface area contributed by atoms with Crippen molar-refractivity contribution in [3.8, 4) is 0 Å². The summed E-state index contributed by atoms with van der Waals surface area (Å²) in [5, 5.41) is 8.64. The molecule has 1 atom stereocenters. The molecule has 0 aromatic carbocycles. The first-order valence-electron chi connectivity index (χ1n) is 3.12. The molecular formula is C7H13ClO2. The number of hydrogen-bond acceptors (Lipinski definition) is 1. The first-order chi connectivity index (χ1) is 4.19. The molecule has 3 heteroatoms. The standard InChI is InChI=1S/C7H13ClO2/c1-6(2,3)7(4,8)5(9)10/h1-4H3,(H,9,10). The monoisotopic (exact) mass is 164 g/mol. The molecule has 0 aromatic heterocycles. The van der Waals surface area contributed by atoms with Crippen molar-refractivity contribution >= 4 is 17.6 Å². The molecule has 60 valence electrons. The van der Waals surface area contributed by atoms with Gasteiger partial charge in [0.2, 0.25) is 0 Å². The van der Waals surface area contributed by atoms with E-state index in [0.29, 0.717) is 0 Å². The van der Waals surface area contributed by atoms with E-state index in [9.17, 15) is 4.79 Å². The number of carboxylic acid groups (broad SMARTS) is 1. The minimum Gasteiger partial charge on any atom is -0.480 e. The van der Waals surface area contributed by atoms with Gasteiger partial charge in [-0.1, -0.05) is 20.8 Å². The fourth-order valence-corrected chi connectivity index (χ4v) is 0.321. The SMILES string of the molecule is CC(C)(C)C(C)(Cl)C(=O)O. The third-order valence-electron chi connectivity index (χ3n) is 1.81. The Labute approximate surface area is 66.2 Å².